The molecule has 0 radical (unpaired) electrons. The Morgan fingerprint density at radius 2 is 2.28 bits per heavy atom. The molecule has 0 aromatic carbocycles. The Hall–Kier alpha value is -1.95. The molecule has 2 aromatic heterocycles. The van der Waals surface area contributed by atoms with Crippen LogP contribution in [0, 0.1) is 0 Å². The zero-order valence-electron chi connectivity index (χ0n) is 10.0. The van der Waals surface area contributed by atoms with Crippen molar-refractivity contribution in [1.29, 1.82) is 0 Å². The minimum Gasteiger partial charge on any atom is -0.352 e. The molecule has 0 atom stereocenters. The lowest BCUT2D eigenvalue weighted by atomic mass is 10.2. The first kappa shape index (κ1) is 12.5. The van der Waals surface area contributed by atoms with Gasteiger partial charge in [-0.25, -0.2) is 0 Å². The van der Waals surface area contributed by atoms with Gasteiger partial charge in [-0.05, 0) is 13.0 Å². The second-order valence-electron chi connectivity index (χ2n) is 3.82. The molecule has 2 aromatic rings. The number of hydrogen-bond acceptors (Lipinski definition) is 4. The van der Waals surface area contributed by atoms with E-state index in [9.17, 15) is 14.4 Å². The Balaban J connectivity index is 2.71. The highest BCUT2D eigenvalue weighted by molar-refractivity contribution is 7.20. The van der Waals surface area contributed by atoms with E-state index in [0.717, 1.165) is 11.3 Å². The molecular formula is C12H12N2O3S. The summed E-state index contributed by atoms with van der Waals surface area (Å²) in [6, 6.07) is 1.65. The number of hydrogen-bond donors (Lipinski definition) is 1. The number of nitrogens with zero attached hydrogens (tertiary/aromatic N) is 1. The maximum atomic E-state index is 12.1. The number of pyridine rings is 1. The number of aromatic nitrogens is 1. The average molecular weight is 264 g/mol. The Morgan fingerprint density at radius 1 is 1.56 bits per heavy atom. The summed E-state index contributed by atoms with van der Waals surface area (Å²) in [7, 11) is 1.74. The van der Waals surface area contributed by atoms with Crippen LogP contribution in [0.25, 0.3) is 10.2 Å². The number of fused-ring (bicyclic) bond motifs is 1. The van der Waals surface area contributed by atoms with E-state index in [4.69, 9.17) is 0 Å². The van der Waals surface area contributed by atoms with Crippen LogP contribution in [0.15, 0.2) is 17.1 Å². The van der Waals surface area contributed by atoms with E-state index in [-0.39, 0.29) is 16.9 Å². The van der Waals surface area contributed by atoms with Crippen molar-refractivity contribution in [3.05, 3.63) is 32.9 Å². The molecule has 0 unspecified atom stereocenters. The highest BCUT2D eigenvalue weighted by Crippen LogP contribution is 2.21. The van der Waals surface area contributed by atoms with Crippen LogP contribution in [-0.4, -0.2) is 23.3 Å². The largest absolute Gasteiger partial charge is 0.352 e. The summed E-state index contributed by atoms with van der Waals surface area (Å²) in [5, 5.41) is 2.60. The van der Waals surface area contributed by atoms with Crippen LogP contribution in [0.1, 0.15) is 27.0 Å². The number of nitrogens with one attached hydrogen (secondary N) is 1. The summed E-state index contributed by atoms with van der Waals surface area (Å²) in [4.78, 5) is 35.1. The molecule has 5 nitrogen and oxygen atoms in total. The molecule has 0 saturated heterocycles. The lowest BCUT2D eigenvalue weighted by Gasteiger charge is -2.05. The maximum absolute atomic E-state index is 12.1. The molecule has 0 bridgehead atoms. The van der Waals surface area contributed by atoms with Crippen molar-refractivity contribution >= 4 is 33.7 Å². The second kappa shape index (κ2) is 4.73. The standard InChI is InChI=1S/C12H12N2O3S/c1-3-13-12(17)8-5-14(2)9-4-7(6-15)18-11(9)10(8)16/h4-6H,3H2,1-2H3,(H,13,17). The van der Waals surface area contributed by atoms with Crippen LogP contribution in [0.2, 0.25) is 0 Å². The SMILES string of the molecule is CCNC(=O)c1cn(C)c2cc(C=O)sc2c1=O. The van der Waals surface area contributed by atoms with Crippen molar-refractivity contribution in [3.63, 3.8) is 0 Å². The summed E-state index contributed by atoms with van der Waals surface area (Å²) in [5.41, 5.74) is 0.443. The molecule has 0 fully saturated rings. The molecule has 94 valence electrons. The first-order chi connectivity index (χ1) is 8.58. The normalized spacial score (nSPS) is 10.6. The van der Waals surface area contributed by atoms with E-state index in [0.29, 0.717) is 27.9 Å². The third kappa shape index (κ3) is 1.95. The Labute approximate surface area is 107 Å². The molecule has 2 rings (SSSR count). The number of carbonyl (C=O) groups excluding carboxylic acids is 2. The second-order valence-corrected chi connectivity index (χ2v) is 4.91. The van der Waals surface area contributed by atoms with Gasteiger partial charge in [0.05, 0.1) is 15.1 Å². The van der Waals surface area contributed by atoms with Gasteiger partial charge in [-0.15, -0.1) is 11.3 Å². The molecule has 0 aliphatic carbocycles. The van der Waals surface area contributed by atoms with Crippen LogP contribution >= 0.6 is 11.3 Å². The van der Waals surface area contributed by atoms with Crippen LogP contribution in [-0.2, 0) is 7.05 Å². The summed E-state index contributed by atoms with van der Waals surface area (Å²) in [6.45, 7) is 2.25. The van der Waals surface area contributed by atoms with Gasteiger partial charge >= 0.3 is 0 Å². The zero-order chi connectivity index (χ0) is 13.3. The predicted molar refractivity (Wildman–Crippen MR) is 70.5 cm³/mol. The van der Waals surface area contributed by atoms with Crippen molar-refractivity contribution in [2.45, 2.75) is 6.92 Å². The van der Waals surface area contributed by atoms with Crippen LogP contribution in [0.3, 0.4) is 0 Å². The van der Waals surface area contributed by atoms with Gasteiger partial charge in [-0.2, -0.15) is 0 Å². The van der Waals surface area contributed by atoms with Crippen LogP contribution in [0.4, 0.5) is 0 Å². The van der Waals surface area contributed by atoms with Crippen molar-refractivity contribution in [3.8, 4) is 0 Å². The number of thiophene rings is 1. The van der Waals surface area contributed by atoms with E-state index in [1.165, 1.54) is 6.20 Å². The quantitative estimate of drug-likeness (QED) is 0.846. The monoisotopic (exact) mass is 264 g/mol. The molecule has 1 amide bonds. The van der Waals surface area contributed by atoms with Gasteiger partial charge in [-0.3, -0.25) is 14.4 Å². The van der Waals surface area contributed by atoms with Crippen molar-refractivity contribution in [1.82, 2.24) is 9.88 Å². The average Bonchev–Trinajstić information content (AvgIpc) is 2.79. The number of carbonyl (C=O) groups is 2. The van der Waals surface area contributed by atoms with Gasteiger partial charge < -0.3 is 9.88 Å². The molecule has 0 saturated carbocycles. The number of aryl methyl sites for hydroxylation is 1. The van der Waals surface area contributed by atoms with E-state index < -0.39 is 0 Å². The number of rotatable bonds is 3. The smallest absolute Gasteiger partial charge is 0.256 e. The van der Waals surface area contributed by atoms with Gasteiger partial charge in [0.15, 0.2) is 6.29 Å². The lowest BCUT2D eigenvalue weighted by Crippen LogP contribution is -2.29. The summed E-state index contributed by atoms with van der Waals surface area (Å²) >= 11 is 1.11. The minimum atomic E-state index is -0.388. The molecule has 2 heterocycles. The summed E-state index contributed by atoms with van der Waals surface area (Å²) < 4.78 is 2.12. The van der Waals surface area contributed by atoms with Gasteiger partial charge in [0.1, 0.15) is 5.56 Å². The van der Waals surface area contributed by atoms with E-state index in [2.05, 4.69) is 5.32 Å². The van der Waals surface area contributed by atoms with Gasteiger partial charge in [-0.1, -0.05) is 0 Å². The van der Waals surface area contributed by atoms with Gasteiger partial charge in [0.2, 0.25) is 5.43 Å². The van der Waals surface area contributed by atoms with Crippen LogP contribution in [0.5, 0.6) is 0 Å². The van der Waals surface area contributed by atoms with E-state index >= 15 is 0 Å². The summed E-state index contributed by atoms with van der Waals surface area (Å²) in [5.74, 6) is -0.388. The lowest BCUT2D eigenvalue weighted by molar-refractivity contribution is 0.0954. The fourth-order valence-electron chi connectivity index (χ4n) is 1.74. The molecule has 1 N–H and O–H groups in total. The van der Waals surface area contributed by atoms with E-state index in [1.54, 1.807) is 24.6 Å². The third-order valence-electron chi connectivity index (χ3n) is 2.58. The van der Waals surface area contributed by atoms with Gasteiger partial charge in [0.25, 0.3) is 5.91 Å². The number of aldehydes is 1. The first-order valence-corrected chi connectivity index (χ1v) is 6.26. The van der Waals surface area contributed by atoms with E-state index in [1.807, 2.05) is 0 Å². The molecule has 0 spiro atoms. The highest BCUT2D eigenvalue weighted by Gasteiger charge is 2.15. The third-order valence-corrected chi connectivity index (χ3v) is 3.63. The first-order valence-electron chi connectivity index (χ1n) is 5.45. The Morgan fingerprint density at radius 3 is 2.89 bits per heavy atom. The van der Waals surface area contributed by atoms with Crippen molar-refractivity contribution < 1.29 is 9.59 Å². The fraction of sp³-hybridized carbons (Fsp3) is 0.250. The van der Waals surface area contributed by atoms with Crippen molar-refractivity contribution in [2.75, 3.05) is 6.54 Å². The van der Waals surface area contributed by atoms with Gasteiger partial charge in [0, 0.05) is 19.8 Å². The Bertz CT molecular complexity index is 684. The predicted octanol–water partition coefficient (Wildman–Crippen LogP) is 1.16. The van der Waals surface area contributed by atoms with Crippen molar-refractivity contribution in [2.24, 2.45) is 7.05 Å². The zero-order valence-corrected chi connectivity index (χ0v) is 10.8. The number of amides is 1. The fourth-order valence-corrected chi connectivity index (χ4v) is 2.71. The maximum Gasteiger partial charge on any atom is 0.256 e. The highest BCUT2D eigenvalue weighted by atomic mass is 32.1. The minimum absolute atomic E-state index is 0.103. The molecule has 18 heavy (non-hydrogen) atoms. The van der Waals surface area contributed by atoms with Crippen LogP contribution < -0.4 is 10.7 Å². The Kier molecular flexibility index (Phi) is 3.29. The topological polar surface area (TPSA) is 68.2 Å². The summed E-state index contributed by atoms with van der Waals surface area (Å²) in [6.07, 6.45) is 2.20. The molecule has 0 aliphatic heterocycles. The molecular weight excluding hydrogens is 252 g/mol. The molecule has 6 heteroatoms. The molecule has 0 aliphatic rings.